The van der Waals surface area contributed by atoms with E-state index in [0.29, 0.717) is 29.3 Å². The minimum atomic E-state index is -4.17. The Bertz CT molecular complexity index is 1450. The van der Waals surface area contributed by atoms with E-state index < -0.39 is 28.5 Å². The van der Waals surface area contributed by atoms with Gasteiger partial charge in [-0.2, -0.15) is 0 Å². The zero-order valence-corrected chi connectivity index (χ0v) is 25.7. The van der Waals surface area contributed by atoms with Gasteiger partial charge in [0.1, 0.15) is 18.3 Å². The second kappa shape index (κ2) is 14.4. The normalized spacial score (nSPS) is 12.1. The van der Waals surface area contributed by atoms with Crippen molar-refractivity contribution in [2.45, 2.75) is 51.6 Å². The Labute approximate surface area is 248 Å². The number of methoxy groups -OCH3 is 1. The van der Waals surface area contributed by atoms with Gasteiger partial charge in [-0.1, -0.05) is 68.8 Å². The van der Waals surface area contributed by atoms with Gasteiger partial charge in [-0.3, -0.25) is 13.9 Å². The van der Waals surface area contributed by atoms with Crippen molar-refractivity contribution in [2.24, 2.45) is 5.92 Å². The molecule has 0 fully saturated rings. The van der Waals surface area contributed by atoms with Crippen molar-refractivity contribution in [2.75, 3.05) is 24.5 Å². The number of aryl methyl sites for hydroxylation is 1. The summed E-state index contributed by atoms with van der Waals surface area (Å²) >= 11 is 6.29. The lowest BCUT2D eigenvalue weighted by Gasteiger charge is -2.33. The number of anilines is 1. The van der Waals surface area contributed by atoms with Crippen molar-refractivity contribution in [3.63, 3.8) is 0 Å². The molecule has 0 radical (unpaired) electrons. The number of carbonyl (C=O) groups is 2. The van der Waals surface area contributed by atoms with Gasteiger partial charge in [0.25, 0.3) is 10.0 Å². The fourth-order valence-corrected chi connectivity index (χ4v) is 6.05. The molecule has 0 bridgehead atoms. The predicted octanol–water partition coefficient (Wildman–Crippen LogP) is 5.43. The number of nitrogens with one attached hydrogen (secondary N) is 1. The molecule has 0 heterocycles. The third-order valence-corrected chi connectivity index (χ3v) is 8.62. The zero-order chi connectivity index (χ0) is 30.2. The summed E-state index contributed by atoms with van der Waals surface area (Å²) in [5, 5.41) is 3.26. The van der Waals surface area contributed by atoms with Gasteiger partial charge in [-0.05, 0) is 66.8 Å². The van der Waals surface area contributed by atoms with Crippen molar-refractivity contribution < 1.29 is 22.7 Å². The molecular formula is C31H38ClN3O5S. The summed E-state index contributed by atoms with van der Waals surface area (Å²) in [5.74, 6) is -0.00144. The highest BCUT2D eigenvalue weighted by Gasteiger charge is 2.34. The summed E-state index contributed by atoms with van der Waals surface area (Å²) in [6.07, 6.45) is 0.335. The van der Waals surface area contributed by atoms with Gasteiger partial charge in [0, 0.05) is 18.1 Å². The van der Waals surface area contributed by atoms with Crippen LogP contribution in [-0.4, -0.2) is 51.4 Å². The van der Waals surface area contributed by atoms with Crippen LogP contribution < -0.4 is 14.4 Å². The Morgan fingerprint density at radius 3 is 2.34 bits per heavy atom. The van der Waals surface area contributed by atoms with Crippen LogP contribution in [0.3, 0.4) is 0 Å². The van der Waals surface area contributed by atoms with Crippen LogP contribution in [0.1, 0.15) is 38.3 Å². The molecule has 10 heteroatoms. The van der Waals surface area contributed by atoms with Crippen molar-refractivity contribution >= 4 is 39.1 Å². The van der Waals surface area contributed by atoms with Crippen molar-refractivity contribution in [3.05, 3.63) is 88.9 Å². The van der Waals surface area contributed by atoms with E-state index in [-0.39, 0.29) is 29.0 Å². The minimum Gasteiger partial charge on any atom is -0.497 e. The smallest absolute Gasteiger partial charge is 0.264 e. The molecule has 3 rings (SSSR count). The molecular weight excluding hydrogens is 562 g/mol. The number of hydrogen-bond acceptors (Lipinski definition) is 5. The second-order valence-electron chi connectivity index (χ2n) is 10.2. The van der Waals surface area contributed by atoms with E-state index in [9.17, 15) is 18.0 Å². The van der Waals surface area contributed by atoms with E-state index >= 15 is 0 Å². The molecule has 1 N–H and O–H groups in total. The van der Waals surface area contributed by atoms with Crippen molar-refractivity contribution in [1.29, 1.82) is 0 Å². The molecule has 3 aromatic carbocycles. The number of amides is 2. The van der Waals surface area contributed by atoms with Crippen molar-refractivity contribution in [1.82, 2.24) is 10.2 Å². The summed E-state index contributed by atoms with van der Waals surface area (Å²) in [6.45, 7) is 7.55. The summed E-state index contributed by atoms with van der Waals surface area (Å²) in [6, 6.07) is 19.2. The van der Waals surface area contributed by atoms with E-state index in [1.54, 1.807) is 62.6 Å². The lowest BCUT2D eigenvalue weighted by molar-refractivity contribution is -0.140. The third-order valence-electron chi connectivity index (χ3n) is 6.61. The Balaban J connectivity index is 2.09. The summed E-state index contributed by atoms with van der Waals surface area (Å²) in [5.41, 5.74) is 1.65. The first-order valence-corrected chi connectivity index (χ1v) is 15.3. The Morgan fingerprint density at radius 1 is 1.00 bits per heavy atom. The molecule has 3 aromatic rings. The zero-order valence-electron chi connectivity index (χ0n) is 24.1. The molecule has 0 aliphatic heterocycles. The Morgan fingerprint density at radius 2 is 1.71 bits per heavy atom. The van der Waals surface area contributed by atoms with E-state index in [1.165, 1.54) is 23.1 Å². The maximum atomic E-state index is 14.2. The van der Waals surface area contributed by atoms with Gasteiger partial charge in [0.15, 0.2) is 0 Å². The van der Waals surface area contributed by atoms with Crippen LogP contribution in [0.15, 0.2) is 77.7 Å². The Hall–Kier alpha value is -3.56. The van der Waals surface area contributed by atoms with Gasteiger partial charge in [0.2, 0.25) is 11.8 Å². The van der Waals surface area contributed by atoms with E-state index in [2.05, 4.69) is 5.32 Å². The number of benzene rings is 3. The molecule has 220 valence electrons. The first kappa shape index (κ1) is 32.0. The average Bonchev–Trinajstić information content (AvgIpc) is 2.96. The Kier molecular flexibility index (Phi) is 11.2. The van der Waals surface area contributed by atoms with Gasteiger partial charge in [-0.15, -0.1) is 0 Å². The van der Waals surface area contributed by atoms with Crippen LogP contribution in [0.5, 0.6) is 5.75 Å². The van der Waals surface area contributed by atoms with E-state index in [0.717, 1.165) is 9.87 Å². The number of halogens is 1. The molecule has 8 nitrogen and oxygen atoms in total. The van der Waals surface area contributed by atoms with Crippen LogP contribution in [0.25, 0.3) is 0 Å². The van der Waals surface area contributed by atoms with Gasteiger partial charge >= 0.3 is 0 Å². The van der Waals surface area contributed by atoms with Gasteiger partial charge in [0.05, 0.1) is 17.7 Å². The van der Waals surface area contributed by atoms with Crippen LogP contribution in [0, 0.1) is 12.8 Å². The summed E-state index contributed by atoms with van der Waals surface area (Å²) < 4.78 is 34.4. The minimum absolute atomic E-state index is 0.0354. The quantitative estimate of drug-likeness (QED) is 0.283. The van der Waals surface area contributed by atoms with E-state index in [4.69, 9.17) is 16.3 Å². The second-order valence-corrected chi connectivity index (χ2v) is 12.5. The number of hydrogen-bond donors (Lipinski definition) is 1. The number of ether oxygens (including phenoxy) is 1. The molecule has 1 atom stereocenters. The average molecular weight is 600 g/mol. The molecule has 0 saturated carbocycles. The lowest BCUT2D eigenvalue weighted by atomic mass is 10.1. The fraction of sp³-hybridized carbons (Fsp3) is 0.355. The summed E-state index contributed by atoms with van der Waals surface area (Å²) in [4.78, 5) is 29.0. The number of rotatable bonds is 13. The maximum absolute atomic E-state index is 14.2. The molecule has 2 amide bonds. The molecule has 0 unspecified atom stereocenters. The topological polar surface area (TPSA) is 96.0 Å². The predicted molar refractivity (Wildman–Crippen MR) is 163 cm³/mol. The van der Waals surface area contributed by atoms with Crippen LogP contribution >= 0.6 is 11.6 Å². The molecule has 0 spiro atoms. The summed E-state index contributed by atoms with van der Waals surface area (Å²) in [7, 11) is -2.62. The third kappa shape index (κ3) is 8.24. The molecule has 0 saturated heterocycles. The van der Waals surface area contributed by atoms with Crippen LogP contribution in [-0.2, 0) is 26.2 Å². The largest absolute Gasteiger partial charge is 0.497 e. The molecule has 0 aromatic heterocycles. The highest BCUT2D eigenvalue weighted by atomic mass is 35.5. The number of nitrogens with zero attached hydrogens (tertiary/aromatic N) is 2. The SMILES string of the molecule is CC[C@@H](C(=O)NCC(C)C)N(Cc1cccc(OC)c1)C(=O)CN(c1cc(Cl)ccc1C)S(=O)(=O)c1ccccc1. The molecule has 0 aliphatic rings. The number of sulfonamides is 1. The van der Waals surface area contributed by atoms with Gasteiger partial charge < -0.3 is 15.0 Å². The monoisotopic (exact) mass is 599 g/mol. The first-order chi connectivity index (χ1) is 19.5. The fourth-order valence-electron chi connectivity index (χ4n) is 4.39. The van der Waals surface area contributed by atoms with Crippen LogP contribution in [0.2, 0.25) is 5.02 Å². The highest BCUT2D eigenvalue weighted by molar-refractivity contribution is 7.92. The standard InChI is InChI=1S/C31H38ClN3O5S/c1-6-28(31(37)33-19-22(2)3)34(20-24-11-10-12-26(17-24)40-5)30(36)21-35(29-18-25(32)16-15-23(29)4)41(38,39)27-13-8-7-9-14-27/h7-18,22,28H,6,19-21H2,1-5H3,(H,33,37)/t28-/m0/s1. The first-order valence-electron chi connectivity index (χ1n) is 13.5. The molecule has 0 aliphatic carbocycles. The molecule has 41 heavy (non-hydrogen) atoms. The number of carbonyl (C=O) groups excluding carboxylic acids is 2. The van der Waals surface area contributed by atoms with E-state index in [1.807, 2.05) is 26.8 Å². The van der Waals surface area contributed by atoms with Crippen molar-refractivity contribution in [3.8, 4) is 5.75 Å². The van der Waals surface area contributed by atoms with Crippen LogP contribution in [0.4, 0.5) is 5.69 Å². The highest BCUT2D eigenvalue weighted by Crippen LogP contribution is 2.30. The maximum Gasteiger partial charge on any atom is 0.264 e. The lowest BCUT2D eigenvalue weighted by Crippen LogP contribution is -2.52. The van der Waals surface area contributed by atoms with Gasteiger partial charge in [-0.25, -0.2) is 8.42 Å².